The lowest BCUT2D eigenvalue weighted by atomic mass is 10.1. The van der Waals surface area contributed by atoms with Crippen LogP contribution in [0.2, 0.25) is 0 Å². The van der Waals surface area contributed by atoms with Gasteiger partial charge in [0.25, 0.3) is 5.91 Å². The number of carbonyl (C=O) groups excluding carboxylic acids is 1. The highest BCUT2D eigenvalue weighted by atomic mass is 19.4. The van der Waals surface area contributed by atoms with E-state index in [-0.39, 0.29) is 5.91 Å². The van der Waals surface area contributed by atoms with Crippen molar-refractivity contribution in [2.45, 2.75) is 32.0 Å². The Morgan fingerprint density at radius 2 is 2.00 bits per heavy atom. The molecular weight excluding hydrogens is 467 g/mol. The Bertz CT molecular complexity index is 1400. The van der Waals surface area contributed by atoms with E-state index in [1.54, 1.807) is 17.1 Å². The number of amides is 1. The number of carbonyl (C=O) groups is 2. The van der Waals surface area contributed by atoms with Gasteiger partial charge in [-0.1, -0.05) is 6.07 Å². The van der Waals surface area contributed by atoms with Crippen molar-refractivity contribution in [3.05, 3.63) is 53.7 Å². The van der Waals surface area contributed by atoms with E-state index in [0.29, 0.717) is 17.4 Å². The first kappa shape index (κ1) is 24.1. The number of nitrogens with one attached hydrogen (secondary N) is 2. The molecule has 0 aliphatic carbocycles. The molecule has 0 unspecified atom stereocenters. The summed E-state index contributed by atoms with van der Waals surface area (Å²) in [5, 5.41) is 18.9. The monoisotopic (exact) mass is 489 g/mol. The van der Waals surface area contributed by atoms with Crippen molar-refractivity contribution in [1.29, 1.82) is 0 Å². The topological polar surface area (TPSA) is 126 Å². The highest BCUT2D eigenvalue weighted by Gasteiger charge is 2.38. The summed E-state index contributed by atoms with van der Waals surface area (Å²) < 4.78 is 35.4. The predicted molar refractivity (Wildman–Crippen MR) is 120 cm³/mol. The van der Waals surface area contributed by atoms with Crippen LogP contribution in [0.1, 0.15) is 40.6 Å². The molecule has 1 aromatic carbocycles. The fraction of sp³-hybridized carbons (Fsp3) is 0.318. The van der Waals surface area contributed by atoms with Crippen LogP contribution in [0.15, 0.2) is 36.8 Å². The molecule has 1 atom stereocenters. The molecule has 1 amide bonds. The maximum absolute atomic E-state index is 12.7. The van der Waals surface area contributed by atoms with Crippen molar-refractivity contribution < 1.29 is 27.9 Å². The Morgan fingerprint density at radius 3 is 2.66 bits per heavy atom. The average molecular weight is 489 g/mol. The van der Waals surface area contributed by atoms with Crippen molar-refractivity contribution in [2.24, 2.45) is 7.05 Å². The lowest BCUT2D eigenvalue weighted by Crippen LogP contribution is -2.21. The van der Waals surface area contributed by atoms with Crippen LogP contribution in [0.5, 0.6) is 0 Å². The number of hydrogen-bond donors (Lipinski definition) is 3. The van der Waals surface area contributed by atoms with E-state index in [1.165, 1.54) is 6.42 Å². The SMILES string of the molecule is Cc1nn(C)c2cc(C(=O)Nc3cn4cc([C@H]5CCCN5)nc4cn3)ccc12.O=C(O)C(F)(F)F. The molecule has 1 aliphatic rings. The summed E-state index contributed by atoms with van der Waals surface area (Å²) in [6, 6.07) is 5.89. The number of carboxylic acid groups (broad SMARTS) is 1. The molecular formula is C22H22F3N7O3. The predicted octanol–water partition coefficient (Wildman–Crippen LogP) is 3.23. The largest absolute Gasteiger partial charge is 0.490 e. The highest BCUT2D eigenvalue weighted by Crippen LogP contribution is 2.23. The van der Waals surface area contributed by atoms with Crippen molar-refractivity contribution >= 4 is 34.2 Å². The van der Waals surface area contributed by atoms with E-state index in [2.05, 4.69) is 25.7 Å². The molecule has 1 saturated heterocycles. The number of nitrogens with zero attached hydrogens (tertiary/aromatic N) is 5. The minimum Gasteiger partial charge on any atom is -0.475 e. The van der Waals surface area contributed by atoms with Gasteiger partial charge in [0.2, 0.25) is 0 Å². The highest BCUT2D eigenvalue weighted by molar-refractivity contribution is 6.05. The number of aryl methyl sites for hydroxylation is 2. The first-order chi connectivity index (χ1) is 16.5. The molecule has 4 aromatic rings. The van der Waals surface area contributed by atoms with Crippen molar-refractivity contribution in [2.75, 3.05) is 11.9 Å². The minimum atomic E-state index is -5.08. The number of aromatic nitrogens is 5. The number of anilines is 1. The summed E-state index contributed by atoms with van der Waals surface area (Å²) >= 11 is 0. The van der Waals surface area contributed by atoms with Gasteiger partial charge in [0, 0.05) is 24.2 Å². The van der Waals surface area contributed by atoms with Gasteiger partial charge in [-0.15, -0.1) is 0 Å². The molecule has 184 valence electrons. The summed E-state index contributed by atoms with van der Waals surface area (Å²) in [5.74, 6) is -2.47. The van der Waals surface area contributed by atoms with Crippen LogP contribution in [0.3, 0.4) is 0 Å². The standard InChI is InChI=1S/C20H21N7O.C2HF3O2/c1-12-14-6-5-13(8-17(14)26(2)25-12)20(28)24-18-11-27-10-16(15-4-3-7-21-15)23-19(27)9-22-18;3-2(4,5)1(6)7/h5-6,8-11,15,21H,3-4,7H2,1-2H3,(H,24,28);(H,6,7)/t15-;/m1./s1. The minimum absolute atomic E-state index is 0.203. The van der Waals surface area contributed by atoms with Gasteiger partial charge in [-0.2, -0.15) is 18.3 Å². The zero-order chi connectivity index (χ0) is 25.3. The fourth-order valence-electron chi connectivity index (χ4n) is 3.86. The third-order valence-electron chi connectivity index (χ3n) is 5.56. The van der Waals surface area contributed by atoms with Crippen LogP contribution >= 0.6 is 0 Å². The molecule has 1 aliphatic heterocycles. The van der Waals surface area contributed by atoms with E-state index in [9.17, 15) is 18.0 Å². The molecule has 3 N–H and O–H groups in total. The lowest BCUT2D eigenvalue weighted by molar-refractivity contribution is -0.192. The Labute approximate surface area is 196 Å². The molecule has 13 heteroatoms. The van der Waals surface area contributed by atoms with Crippen molar-refractivity contribution in [3.63, 3.8) is 0 Å². The number of carboxylic acids is 1. The number of fused-ring (bicyclic) bond motifs is 2. The van der Waals surface area contributed by atoms with Crippen molar-refractivity contribution in [3.8, 4) is 0 Å². The average Bonchev–Trinajstić information content (AvgIpc) is 3.53. The van der Waals surface area contributed by atoms with E-state index in [0.717, 1.165) is 40.9 Å². The van der Waals surface area contributed by atoms with Crippen LogP contribution in [-0.2, 0) is 11.8 Å². The number of imidazole rings is 1. The number of rotatable bonds is 3. The summed E-state index contributed by atoms with van der Waals surface area (Å²) in [7, 11) is 1.88. The van der Waals surface area contributed by atoms with Crippen molar-refractivity contribution in [1.82, 2.24) is 29.5 Å². The quantitative estimate of drug-likeness (QED) is 0.403. The Balaban J connectivity index is 0.000000364. The van der Waals surface area contributed by atoms with Gasteiger partial charge < -0.3 is 20.1 Å². The van der Waals surface area contributed by atoms with Crippen LogP contribution in [-0.4, -0.2) is 53.9 Å². The maximum Gasteiger partial charge on any atom is 0.490 e. The normalized spacial score (nSPS) is 15.7. The first-order valence-electron chi connectivity index (χ1n) is 10.7. The van der Waals surface area contributed by atoms with E-state index < -0.39 is 12.1 Å². The second-order valence-electron chi connectivity index (χ2n) is 8.05. The zero-order valence-corrected chi connectivity index (χ0v) is 18.8. The molecule has 4 heterocycles. The van der Waals surface area contributed by atoms with Gasteiger partial charge in [0.1, 0.15) is 5.82 Å². The Morgan fingerprint density at radius 1 is 1.26 bits per heavy atom. The summed E-state index contributed by atoms with van der Waals surface area (Å²) in [6.45, 7) is 2.99. The van der Waals surface area contributed by atoms with Gasteiger partial charge in [-0.05, 0) is 38.4 Å². The molecule has 0 bridgehead atoms. The fourth-order valence-corrected chi connectivity index (χ4v) is 3.86. The van der Waals surface area contributed by atoms with Crippen LogP contribution < -0.4 is 10.6 Å². The van der Waals surface area contributed by atoms with Gasteiger partial charge in [-0.25, -0.2) is 14.8 Å². The maximum atomic E-state index is 12.7. The smallest absolute Gasteiger partial charge is 0.475 e. The molecule has 35 heavy (non-hydrogen) atoms. The molecule has 5 rings (SSSR count). The molecule has 0 spiro atoms. The van der Waals surface area contributed by atoms with Gasteiger partial charge >= 0.3 is 12.1 Å². The second-order valence-corrected chi connectivity index (χ2v) is 8.05. The number of hydrogen-bond acceptors (Lipinski definition) is 6. The third-order valence-corrected chi connectivity index (χ3v) is 5.56. The van der Waals surface area contributed by atoms with Crippen LogP contribution in [0, 0.1) is 6.92 Å². The van der Waals surface area contributed by atoms with Crippen LogP contribution in [0.25, 0.3) is 16.6 Å². The van der Waals surface area contributed by atoms with Gasteiger partial charge in [0.15, 0.2) is 5.65 Å². The lowest BCUT2D eigenvalue weighted by Gasteiger charge is -2.05. The van der Waals surface area contributed by atoms with Gasteiger partial charge in [0.05, 0.1) is 35.3 Å². The third kappa shape index (κ3) is 5.24. The molecule has 0 saturated carbocycles. The molecule has 1 fully saturated rings. The zero-order valence-electron chi connectivity index (χ0n) is 18.8. The van der Waals surface area contributed by atoms with Gasteiger partial charge in [-0.3, -0.25) is 9.48 Å². The Kier molecular flexibility index (Phi) is 6.43. The molecule has 10 nitrogen and oxygen atoms in total. The van der Waals surface area contributed by atoms with E-state index in [4.69, 9.17) is 9.90 Å². The van der Waals surface area contributed by atoms with E-state index >= 15 is 0 Å². The number of halogens is 3. The summed E-state index contributed by atoms with van der Waals surface area (Å²) in [5.41, 5.74) is 4.23. The summed E-state index contributed by atoms with van der Waals surface area (Å²) in [4.78, 5) is 30.6. The van der Waals surface area contributed by atoms with E-state index in [1.807, 2.05) is 42.8 Å². The Hall–Kier alpha value is -4.00. The first-order valence-corrected chi connectivity index (χ1v) is 10.7. The molecule has 0 radical (unpaired) electrons. The number of benzene rings is 1. The van der Waals surface area contributed by atoms with Crippen LogP contribution in [0.4, 0.5) is 19.0 Å². The second kappa shape index (κ2) is 9.33. The number of aliphatic carboxylic acids is 1. The number of alkyl halides is 3. The summed E-state index contributed by atoms with van der Waals surface area (Å²) in [6.07, 6.45) is 2.66. The molecule has 3 aromatic heterocycles.